The third-order valence-corrected chi connectivity index (χ3v) is 3.77. The molecule has 0 aliphatic carbocycles. The Kier molecular flexibility index (Phi) is 4.48. The number of anilines is 1. The lowest BCUT2D eigenvalue weighted by atomic mass is 10.1. The molecule has 0 fully saturated rings. The number of hydrogen-bond acceptors (Lipinski definition) is 2. The van der Waals surface area contributed by atoms with Crippen LogP contribution in [0.2, 0.25) is 0 Å². The molecule has 0 amide bonds. The third kappa shape index (κ3) is 3.99. The van der Waals surface area contributed by atoms with Gasteiger partial charge >= 0.3 is 6.18 Å². The summed E-state index contributed by atoms with van der Waals surface area (Å²) in [6.07, 6.45) is -4.36. The molecule has 0 bridgehead atoms. The summed E-state index contributed by atoms with van der Waals surface area (Å²) in [6.45, 7) is 0.478. The fourth-order valence-electron chi connectivity index (χ4n) is 2.40. The third-order valence-electron chi connectivity index (χ3n) is 3.77. The Hall–Kier alpha value is -2.83. The van der Waals surface area contributed by atoms with Gasteiger partial charge in [0.2, 0.25) is 0 Å². The molecule has 0 aliphatic rings. The van der Waals surface area contributed by atoms with Crippen molar-refractivity contribution in [1.82, 2.24) is 9.78 Å². The number of nitrogens with zero attached hydrogens (tertiary/aromatic N) is 2. The number of nitrogens with one attached hydrogen (secondary N) is 1. The van der Waals surface area contributed by atoms with Gasteiger partial charge in [-0.25, -0.2) is 4.39 Å². The molecule has 25 heavy (non-hydrogen) atoms. The molecule has 0 atom stereocenters. The van der Waals surface area contributed by atoms with Crippen LogP contribution in [0, 0.1) is 5.82 Å². The van der Waals surface area contributed by atoms with E-state index in [4.69, 9.17) is 0 Å². The molecular formula is C18H15F4N3. The number of rotatable bonds is 4. The minimum Gasteiger partial charge on any atom is -0.366 e. The molecular weight excluding hydrogens is 334 g/mol. The second-order valence-corrected chi connectivity index (χ2v) is 5.59. The fraction of sp³-hybridized carbons (Fsp3) is 0.167. The monoisotopic (exact) mass is 349 g/mol. The molecule has 3 aromatic rings. The molecule has 0 unspecified atom stereocenters. The number of hydrogen-bond donors (Lipinski definition) is 1. The minimum atomic E-state index is -4.36. The van der Waals surface area contributed by atoms with E-state index in [0.29, 0.717) is 23.6 Å². The predicted molar refractivity (Wildman–Crippen MR) is 87.4 cm³/mol. The lowest BCUT2D eigenvalue weighted by Crippen LogP contribution is -2.04. The summed E-state index contributed by atoms with van der Waals surface area (Å²) >= 11 is 0. The highest BCUT2D eigenvalue weighted by molar-refractivity contribution is 5.63. The maximum absolute atomic E-state index is 12.9. The summed E-state index contributed by atoms with van der Waals surface area (Å²) in [5.74, 6) is 0.410. The zero-order chi connectivity index (χ0) is 18.0. The average Bonchev–Trinajstić information content (AvgIpc) is 2.95. The van der Waals surface area contributed by atoms with E-state index < -0.39 is 11.7 Å². The largest absolute Gasteiger partial charge is 0.416 e. The van der Waals surface area contributed by atoms with Gasteiger partial charge < -0.3 is 5.32 Å². The Morgan fingerprint density at radius 2 is 1.64 bits per heavy atom. The highest BCUT2D eigenvalue weighted by Gasteiger charge is 2.30. The maximum Gasteiger partial charge on any atom is 0.416 e. The van der Waals surface area contributed by atoms with Gasteiger partial charge in [0.05, 0.1) is 11.3 Å². The average molecular weight is 349 g/mol. The van der Waals surface area contributed by atoms with E-state index in [1.54, 1.807) is 29.9 Å². The SMILES string of the molecule is Cn1nc(-c2ccc(C(F)(F)F)cc2)cc1NCc1ccc(F)cc1. The van der Waals surface area contributed by atoms with Crippen molar-refractivity contribution in [2.75, 3.05) is 5.32 Å². The van der Waals surface area contributed by atoms with Crippen LogP contribution < -0.4 is 5.32 Å². The Morgan fingerprint density at radius 3 is 2.24 bits per heavy atom. The molecule has 1 heterocycles. The molecule has 0 aliphatic heterocycles. The maximum atomic E-state index is 12.9. The molecule has 7 heteroatoms. The second kappa shape index (κ2) is 6.58. The standard InChI is InChI=1S/C18H15F4N3/c1-25-17(23-11-12-2-8-15(19)9-3-12)10-16(24-25)13-4-6-14(7-5-13)18(20,21)22/h2-10,23H,11H2,1H3. The molecule has 1 aromatic heterocycles. The predicted octanol–water partition coefficient (Wildman–Crippen LogP) is 4.86. The van der Waals surface area contributed by atoms with Crippen LogP contribution >= 0.6 is 0 Å². The molecule has 0 saturated heterocycles. The number of aryl methyl sites for hydroxylation is 1. The minimum absolute atomic E-state index is 0.297. The Morgan fingerprint density at radius 1 is 1.00 bits per heavy atom. The Labute approximate surface area is 141 Å². The van der Waals surface area contributed by atoms with Crippen molar-refractivity contribution in [2.45, 2.75) is 12.7 Å². The quantitative estimate of drug-likeness (QED) is 0.682. The first-order valence-electron chi connectivity index (χ1n) is 7.53. The molecule has 2 aromatic carbocycles. The van der Waals surface area contributed by atoms with E-state index in [0.717, 1.165) is 17.7 Å². The summed E-state index contributed by atoms with van der Waals surface area (Å²) in [5.41, 5.74) is 1.37. The van der Waals surface area contributed by atoms with Gasteiger partial charge in [-0.3, -0.25) is 4.68 Å². The van der Waals surface area contributed by atoms with E-state index in [1.165, 1.54) is 24.3 Å². The van der Waals surface area contributed by atoms with Gasteiger partial charge in [-0.2, -0.15) is 18.3 Å². The zero-order valence-electron chi connectivity index (χ0n) is 13.3. The smallest absolute Gasteiger partial charge is 0.366 e. The molecule has 130 valence electrons. The van der Waals surface area contributed by atoms with Gasteiger partial charge in [0.25, 0.3) is 0 Å². The van der Waals surface area contributed by atoms with Crippen LogP contribution in [0.15, 0.2) is 54.6 Å². The molecule has 1 N–H and O–H groups in total. The van der Waals surface area contributed by atoms with Crippen LogP contribution in [0.25, 0.3) is 11.3 Å². The highest BCUT2D eigenvalue weighted by Crippen LogP contribution is 2.31. The molecule has 0 saturated carbocycles. The van der Waals surface area contributed by atoms with Crippen molar-refractivity contribution < 1.29 is 17.6 Å². The summed E-state index contributed by atoms with van der Waals surface area (Å²) in [7, 11) is 1.74. The second-order valence-electron chi connectivity index (χ2n) is 5.59. The van der Waals surface area contributed by atoms with Crippen LogP contribution in [0.1, 0.15) is 11.1 Å². The van der Waals surface area contributed by atoms with Gasteiger partial charge in [0, 0.05) is 25.2 Å². The fourth-order valence-corrected chi connectivity index (χ4v) is 2.40. The van der Waals surface area contributed by atoms with Crippen molar-refractivity contribution in [2.24, 2.45) is 7.05 Å². The van der Waals surface area contributed by atoms with Crippen LogP contribution in [0.5, 0.6) is 0 Å². The van der Waals surface area contributed by atoms with Crippen LogP contribution in [0.3, 0.4) is 0 Å². The van der Waals surface area contributed by atoms with Crippen molar-refractivity contribution in [1.29, 1.82) is 0 Å². The van der Waals surface area contributed by atoms with Crippen molar-refractivity contribution in [3.05, 3.63) is 71.5 Å². The van der Waals surface area contributed by atoms with Gasteiger partial charge in [0.1, 0.15) is 11.6 Å². The van der Waals surface area contributed by atoms with Gasteiger partial charge in [-0.05, 0) is 29.8 Å². The van der Waals surface area contributed by atoms with Gasteiger partial charge in [0.15, 0.2) is 0 Å². The lowest BCUT2D eigenvalue weighted by molar-refractivity contribution is -0.137. The Bertz CT molecular complexity index is 850. The van der Waals surface area contributed by atoms with Crippen molar-refractivity contribution >= 4 is 5.82 Å². The molecule has 0 spiro atoms. The van der Waals surface area contributed by atoms with Crippen LogP contribution in [-0.2, 0) is 19.8 Å². The molecule has 3 rings (SSSR count). The summed E-state index contributed by atoms with van der Waals surface area (Å²) in [4.78, 5) is 0. The number of benzene rings is 2. The van der Waals surface area contributed by atoms with E-state index >= 15 is 0 Å². The summed E-state index contributed by atoms with van der Waals surface area (Å²) in [5, 5.41) is 7.48. The zero-order valence-corrected chi connectivity index (χ0v) is 13.3. The first-order chi connectivity index (χ1) is 11.8. The van der Waals surface area contributed by atoms with Crippen molar-refractivity contribution in [3.63, 3.8) is 0 Å². The number of aromatic nitrogens is 2. The summed E-state index contributed by atoms with van der Waals surface area (Å²) < 4.78 is 52.4. The van der Waals surface area contributed by atoms with Gasteiger partial charge in [-0.15, -0.1) is 0 Å². The lowest BCUT2D eigenvalue weighted by Gasteiger charge is -2.06. The molecule has 0 radical (unpaired) electrons. The van der Waals surface area contributed by atoms with E-state index in [9.17, 15) is 17.6 Å². The van der Waals surface area contributed by atoms with E-state index in [2.05, 4.69) is 10.4 Å². The van der Waals surface area contributed by atoms with Crippen LogP contribution in [0.4, 0.5) is 23.4 Å². The number of alkyl halides is 3. The van der Waals surface area contributed by atoms with Crippen LogP contribution in [-0.4, -0.2) is 9.78 Å². The van der Waals surface area contributed by atoms with Gasteiger partial charge in [-0.1, -0.05) is 24.3 Å². The van der Waals surface area contributed by atoms with Crippen molar-refractivity contribution in [3.8, 4) is 11.3 Å². The van der Waals surface area contributed by atoms with E-state index in [1.807, 2.05) is 0 Å². The number of halogens is 4. The highest BCUT2D eigenvalue weighted by atomic mass is 19.4. The first-order valence-corrected chi connectivity index (χ1v) is 7.53. The molecule has 3 nitrogen and oxygen atoms in total. The topological polar surface area (TPSA) is 29.9 Å². The summed E-state index contributed by atoms with van der Waals surface area (Å²) in [6, 6.07) is 12.7. The normalized spacial score (nSPS) is 11.6. The first kappa shape index (κ1) is 17.0. The van der Waals surface area contributed by atoms with E-state index in [-0.39, 0.29) is 5.82 Å². The Balaban J connectivity index is 1.74.